The molecule has 2 heterocycles. The number of hydrogen-bond acceptors (Lipinski definition) is 8. The Morgan fingerprint density at radius 1 is 1.15 bits per heavy atom. The highest BCUT2D eigenvalue weighted by atomic mass is 35.5. The van der Waals surface area contributed by atoms with E-state index in [0.717, 1.165) is 29.4 Å². The van der Waals surface area contributed by atoms with Crippen LogP contribution in [0.1, 0.15) is 40.2 Å². The fraction of sp³-hybridized carbons (Fsp3) is 0.179. The van der Waals surface area contributed by atoms with E-state index in [-0.39, 0.29) is 28.7 Å². The summed E-state index contributed by atoms with van der Waals surface area (Å²) in [5.74, 6) is -1.44. The Kier molecular flexibility index (Phi) is 8.73. The van der Waals surface area contributed by atoms with Crippen molar-refractivity contribution in [3.05, 3.63) is 104 Å². The van der Waals surface area contributed by atoms with Crippen molar-refractivity contribution in [2.45, 2.75) is 33.5 Å². The second-order valence-electron chi connectivity index (χ2n) is 8.90. The maximum Gasteiger partial charge on any atom is 0.344 e. The van der Waals surface area contributed by atoms with Gasteiger partial charge in [-0.15, -0.1) is 0 Å². The maximum absolute atomic E-state index is 12.5. The maximum atomic E-state index is 12.5. The van der Waals surface area contributed by atoms with Crippen molar-refractivity contribution in [2.24, 2.45) is 5.10 Å². The molecule has 0 fully saturated rings. The summed E-state index contributed by atoms with van der Waals surface area (Å²) in [6.07, 6.45) is -0.348. The molecule has 212 valence electrons. The Labute approximate surface area is 238 Å². The molecule has 2 N–H and O–H groups in total. The minimum Gasteiger partial charge on any atom is -0.486 e. The molecule has 0 aliphatic heterocycles. The number of carbonyl (C=O) groups excluding carboxylic acids is 1. The van der Waals surface area contributed by atoms with Crippen LogP contribution in [0.15, 0.2) is 70.2 Å². The first kappa shape index (κ1) is 28.9. The van der Waals surface area contributed by atoms with Crippen LogP contribution >= 0.6 is 11.6 Å². The van der Waals surface area contributed by atoms with Gasteiger partial charge in [0, 0.05) is 33.7 Å². The number of ether oxygens (including phenoxy) is 2. The fourth-order valence-electron chi connectivity index (χ4n) is 3.90. The van der Waals surface area contributed by atoms with E-state index in [4.69, 9.17) is 30.6 Å². The summed E-state index contributed by atoms with van der Waals surface area (Å²) in [4.78, 5) is 34.4. The van der Waals surface area contributed by atoms with Crippen molar-refractivity contribution in [2.75, 3.05) is 0 Å². The number of carbonyl (C=O) groups is 2. The summed E-state index contributed by atoms with van der Waals surface area (Å²) in [6, 6.07) is 17.0. The number of nitrogens with zero attached hydrogens (tertiary/aromatic N) is 3. The minimum absolute atomic E-state index is 0.0138. The molecule has 4 rings (SSSR count). The number of nitro benzene ring substituents is 1. The molecule has 0 aliphatic rings. The van der Waals surface area contributed by atoms with Gasteiger partial charge in [0.2, 0.25) is 5.75 Å². The quantitative estimate of drug-likeness (QED) is 0.135. The Morgan fingerprint density at radius 3 is 2.46 bits per heavy atom. The van der Waals surface area contributed by atoms with Crippen LogP contribution in [0.2, 0.25) is 5.02 Å². The van der Waals surface area contributed by atoms with Gasteiger partial charge >= 0.3 is 17.6 Å². The summed E-state index contributed by atoms with van der Waals surface area (Å²) < 4.78 is 18.7. The number of aryl methyl sites for hydroxylation is 2. The second-order valence-corrected chi connectivity index (χ2v) is 9.33. The lowest BCUT2D eigenvalue weighted by Crippen LogP contribution is -2.24. The molecule has 0 aliphatic carbocycles. The van der Waals surface area contributed by atoms with Gasteiger partial charge in [-0.1, -0.05) is 11.6 Å². The third-order valence-corrected chi connectivity index (χ3v) is 6.12. The lowest BCUT2D eigenvalue weighted by atomic mass is 10.2. The molecule has 2 aromatic heterocycles. The van der Waals surface area contributed by atoms with Crippen LogP contribution < -0.4 is 14.9 Å². The van der Waals surface area contributed by atoms with Gasteiger partial charge in [-0.3, -0.25) is 14.9 Å². The number of nitro groups is 1. The molecule has 13 heteroatoms. The molecule has 0 radical (unpaired) electrons. The summed E-state index contributed by atoms with van der Waals surface area (Å²) >= 11 is 5.97. The van der Waals surface area contributed by atoms with Crippen molar-refractivity contribution in [3.8, 4) is 17.2 Å². The van der Waals surface area contributed by atoms with Gasteiger partial charge in [0.05, 0.1) is 11.1 Å². The second kappa shape index (κ2) is 12.4. The van der Waals surface area contributed by atoms with Crippen molar-refractivity contribution in [3.63, 3.8) is 0 Å². The zero-order chi connectivity index (χ0) is 29.7. The number of halogens is 1. The van der Waals surface area contributed by atoms with E-state index in [1.165, 1.54) is 19.1 Å². The van der Waals surface area contributed by atoms with Crippen molar-refractivity contribution in [1.82, 2.24) is 9.99 Å². The van der Waals surface area contributed by atoms with Gasteiger partial charge in [0.1, 0.15) is 18.1 Å². The molecule has 0 unspecified atom stereocenters. The number of benzene rings is 2. The molecular formula is C28H25ClN4O8. The summed E-state index contributed by atoms with van der Waals surface area (Å²) in [5, 5.41) is 24.4. The minimum atomic E-state index is -1.40. The number of nitrogens with one attached hydrogen (secondary N) is 1. The lowest BCUT2D eigenvalue weighted by molar-refractivity contribution is -0.386. The molecule has 41 heavy (non-hydrogen) atoms. The van der Waals surface area contributed by atoms with E-state index < -0.39 is 28.6 Å². The number of hydrogen-bond donors (Lipinski definition) is 2. The topological polar surface area (TPSA) is 158 Å². The van der Waals surface area contributed by atoms with Crippen LogP contribution in [0.4, 0.5) is 5.69 Å². The molecule has 1 amide bonds. The smallest absolute Gasteiger partial charge is 0.344 e. The normalized spacial score (nSPS) is 11.8. The first-order valence-corrected chi connectivity index (χ1v) is 12.6. The zero-order valence-corrected chi connectivity index (χ0v) is 22.9. The van der Waals surface area contributed by atoms with E-state index in [1.807, 2.05) is 50.2 Å². The van der Waals surface area contributed by atoms with Crippen LogP contribution in [-0.4, -0.2) is 38.8 Å². The monoisotopic (exact) mass is 580 g/mol. The lowest BCUT2D eigenvalue weighted by Gasteiger charge is -2.13. The van der Waals surface area contributed by atoms with Crippen molar-refractivity contribution in [1.29, 1.82) is 0 Å². The zero-order valence-electron chi connectivity index (χ0n) is 22.2. The van der Waals surface area contributed by atoms with Crippen LogP contribution in [0.3, 0.4) is 0 Å². The molecule has 2 aromatic carbocycles. The highest BCUT2D eigenvalue weighted by molar-refractivity contribution is 6.31. The number of aromatic nitrogens is 1. The number of rotatable bonds is 11. The average molecular weight is 581 g/mol. The molecule has 0 spiro atoms. The fourth-order valence-corrected chi connectivity index (χ4v) is 4.12. The first-order chi connectivity index (χ1) is 19.5. The molecule has 0 saturated heterocycles. The van der Waals surface area contributed by atoms with E-state index in [1.54, 1.807) is 6.07 Å². The molecule has 4 aromatic rings. The Hall–Kier alpha value is -5.10. The molecular weight excluding hydrogens is 556 g/mol. The summed E-state index contributed by atoms with van der Waals surface area (Å²) in [7, 11) is 0. The van der Waals surface area contributed by atoms with E-state index >= 15 is 0 Å². The first-order valence-electron chi connectivity index (χ1n) is 12.2. The van der Waals surface area contributed by atoms with Gasteiger partial charge in [-0.25, -0.2) is 10.2 Å². The molecule has 12 nitrogen and oxygen atoms in total. The van der Waals surface area contributed by atoms with E-state index in [0.29, 0.717) is 11.5 Å². The number of aliphatic carboxylic acids is 1. The van der Waals surface area contributed by atoms with Crippen molar-refractivity contribution >= 4 is 35.4 Å². The molecule has 0 saturated carbocycles. The summed E-state index contributed by atoms with van der Waals surface area (Å²) in [6.45, 7) is 5.35. The van der Waals surface area contributed by atoms with E-state index in [2.05, 4.69) is 15.1 Å². The number of amides is 1. The standard InChI is InChI=1S/C28H25ClN4O8/c1-16-4-5-17(2)32(16)21-6-8-22(9-7-21)39-15-23-10-11-25(41-23)27(34)31-30-14-19-12-20(29)13-24(33(37)38)26(19)40-18(3)28(35)36/h4-14,18H,15H2,1-3H3,(H,31,34)(H,35,36)/b30-14+/t18-/m1/s1. The Bertz CT molecular complexity index is 1600. The van der Waals surface area contributed by atoms with Gasteiger partial charge in [0.25, 0.3) is 0 Å². The Morgan fingerprint density at radius 2 is 1.83 bits per heavy atom. The van der Waals surface area contributed by atoms with Gasteiger partial charge < -0.3 is 23.6 Å². The van der Waals surface area contributed by atoms with Crippen LogP contribution in [0.25, 0.3) is 5.69 Å². The van der Waals surface area contributed by atoms with Crippen LogP contribution in [0, 0.1) is 24.0 Å². The number of furan rings is 1. The average Bonchev–Trinajstić information content (AvgIpc) is 3.54. The van der Waals surface area contributed by atoms with Gasteiger partial charge in [0.15, 0.2) is 11.9 Å². The third-order valence-electron chi connectivity index (χ3n) is 5.90. The highest BCUT2D eigenvalue weighted by Gasteiger charge is 2.25. The van der Waals surface area contributed by atoms with Crippen LogP contribution in [-0.2, 0) is 11.4 Å². The Balaban J connectivity index is 1.39. The van der Waals surface area contributed by atoms with Gasteiger partial charge in [-0.05, 0) is 75.4 Å². The predicted molar refractivity (Wildman–Crippen MR) is 149 cm³/mol. The molecule has 0 bridgehead atoms. The number of carboxylic acid groups (broad SMARTS) is 1. The SMILES string of the molecule is Cc1ccc(C)n1-c1ccc(OCc2ccc(C(=O)N/N=C/c3cc(Cl)cc([N+](=O)[O-])c3O[C@H](C)C(=O)O)o2)cc1. The van der Waals surface area contributed by atoms with E-state index in [9.17, 15) is 19.7 Å². The predicted octanol–water partition coefficient (Wildman–Crippen LogP) is 5.44. The number of hydrazone groups is 1. The summed E-state index contributed by atoms with van der Waals surface area (Å²) in [5.41, 5.74) is 4.93. The van der Waals surface area contributed by atoms with Gasteiger partial charge in [-0.2, -0.15) is 5.10 Å². The largest absolute Gasteiger partial charge is 0.486 e. The van der Waals surface area contributed by atoms with Crippen molar-refractivity contribution < 1.29 is 33.5 Å². The highest BCUT2D eigenvalue weighted by Crippen LogP contribution is 2.34. The number of carboxylic acids is 1. The van der Waals surface area contributed by atoms with Crippen LogP contribution in [0.5, 0.6) is 11.5 Å². The third kappa shape index (κ3) is 6.92. The molecule has 1 atom stereocenters.